The van der Waals surface area contributed by atoms with Gasteiger partial charge in [-0.25, -0.2) is 9.78 Å². The number of ether oxygens (including phenoxy) is 2. The number of aryl methyl sites for hydroxylation is 1. The molecule has 0 aliphatic heterocycles. The number of nitrogens with one attached hydrogen (secondary N) is 1. The summed E-state index contributed by atoms with van der Waals surface area (Å²) in [5.74, 6) is -0.234. The first-order chi connectivity index (χ1) is 11.8. The lowest BCUT2D eigenvalue weighted by Gasteiger charge is -2.15. The van der Waals surface area contributed by atoms with Crippen LogP contribution in [0.3, 0.4) is 0 Å². The molecule has 0 saturated heterocycles. The number of esters is 1. The van der Waals surface area contributed by atoms with Crippen LogP contribution < -0.4 is 10.1 Å². The monoisotopic (exact) mass is 362 g/mol. The predicted molar refractivity (Wildman–Crippen MR) is 95.8 cm³/mol. The van der Waals surface area contributed by atoms with E-state index in [1.165, 1.54) is 0 Å². The molecule has 134 valence electrons. The number of rotatable bonds is 7. The standard InChI is InChI=1S/C18H22N2O4S/c1-11(2)19-17(21)12(3)24-18(22)14-5-7-16(8-6-14)23-9-15-10-25-13(4)20-15/h5-8,10-12H,9H2,1-4H3,(H,19,21)/t12-/m1/s1. The van der Waals surface area contributed by atoms with E-state index < -0.39 is 12.1 Å². The van der Waals surface area contributed by atoms with Crippen molar-refractivity contribution in [2.24, 2.45) is 0 Å². The zero-order valence-corrected chi connectivity index (χ0v) is 15.6. The summed E-state index contributed by atoms with van der Waals surface area (Å²) < 4.78 is 10.8. The van der Waals surface area contributed by atoms with Crippen LogP contribution in [0.5, 0.6) is 5.75 Å². The summed E-state index contributed by atoms with van der Waals surface area (Å²) in [5.41, 5.74) is 1.23. The minimum absolute atomic E-state index is 0.00779. The number of thiazole rings is 1. The highest BCUT2D eigenvalue weighted by molar-refractivity contribution is 7.09. The van der Waals surface area contributed by atoms with E-state index in [0.29, 0.717) is 17.9 Å². The maximum atomic E-state index is 12.1. The van der Waals surface area contributed by atoms with Crippen LogP contribution in [0.15, 0.2) is 29.6 Å². The molecule has 0 aliphatic rings. The second kappa shape index (κ2) is 8.62. The molecule has 1 aromatic carbocycles. The van der Waals surface area contributed by atoms with Crippen LogP contribution in [0.4, 0.5) is 0 Å². The molecule has 0 fully saturated rings. The molecule has 1 N–H and O–H groups in total. The van der Waals surface area contributed by atoms with Crippen LogP contribution in [0.2, 0.25) is 0 Å². The number of hydrogen-bond donors (Lipinski definition) is 1. The Morgan fingerprint density at radius 3 is 2.44 bits per heavy atom. The summed E-state index contributed by atoms with van der Waals surface area (Å²) >= 11 is 1.57. The van der Waals surface area contributed by atoms with Crippen LogP contribution >= 0.6 is 11.3 Å². The summed E-state index contributed by atoms with van der Waals surface area (Å²) in [4.78, 5) is 28.2. The van der Waals surface area contributed by atoms with Gasteiger partial charge < -0.3 is 14.8 Å². The highest BCUT2D eigenvalue weighted by Gasteiger charge is 2.19. The fourth-order valence-corrected chi connectivity index (χ4v) is 2.60. The molecular formula is C18H22N2O4S. The number of nitrogens with zero attached hydrogens (tertiary/aromatic N) is 1. The third kappa shape index (κ3) is 5.86. The maximum absolute atomic E-state index is 12.1. The van der Waals surface area contributed by atoms with E-state index in [0.717, 1.165) is 10.7 Å². The van der Waals surface area contributed by atoms with Crippen molar-refractivity contribution in [1.82, 2.24) is 10.3 Å². The van der Waals surface area contributed by atoms with Gasteiger partial charge in [0.1, 0.15) is 12.4 Å². The third-order valence-corrected chi connectivity index (χ3v) is 4.05. The van der Waals surface area contributed by atoms with E-state index in [2.05, 4.69) is 10.3 Å². The van der Waals surface area contributed by atoms with E-state index in [9.17, 15) is 9.59 Å². The average Bonchev–Trinajstić information content (AvgIpc) is 2.98. The molecule has 0 radical (unpaired) electrons. The van der Waals surface area contributed by atoms with Gasteiger partial charge in [-0.2, -0.15) is 0 Å². The van der Waals surface area contributed by atoms with Gasteiger partial charge in [0.25, 0.3) is 5.91 Å². The lowest BCUT2D eigenvalue weighted by molar-refractivity contribution is -0.129. The molecule has 0 saturated carbocycles. The average molecular weight is 362 g/mol. The van der Waals surface area contributed by atoms with E-state index >= 15 is 0 Å². The molecule has 2 aromatic rings. The van der Waals surface area contributed by atoms with Crippen LogP contribution in [0.1, 0.15) is 41.8 Å². The maximum Gasteiger partial charge on any atom is 0.338 e. The number of carbonyl (C=O) groups is 2. The Morgan fingerprint density at radius 2 is 1.88 bits per heavy atom. The van der Waals surface area contributed by atoms with Gasteiger partial charge in [-0.05, 0) is 52.0 Å². The molecule has 7 heteroatoms. The molecule has 2 rings (SSSR count). The van der Waals surface area contributed by atoms with Gasteiger partial charge in [0.05, 0.1) is 16.3 Å². The minimum Gasteiger partial charge on any atom is -0.487 e. The topological polar surface area (TPSA) is 77.5 Å². The second-order valence-electron chi connectivity index (χ2n) is 5.88. The lowest BCUT2D eigenvalue weighted by Crippen LogP contribution is -2.39. The van der Waals surface area contributed by atoms with Crippen molar-refractivity contribution in [2.75, 3.05) is 0 Å². The van der Waals surface area contributed by atoms with E-state index in [4.69, 9.17) is 9.47 Å². The van der Waals surface area contributed by atoms with Crippen LogP contribution in [-0.2, 0) is 16.1 Å². The summed E-state index contributed by atoms with van der Waals surface area (Å²) in [7, 11) is 0. The van der Waals surface area contributed by atoms with Gasteiger partial charge >= 0.3 is 5.97 Å². The largest absolute Gasteiger partial charge is 0.487 e. The van der Waals surface area contributed by atoms with Gasteiger partial charge in [-0.1, -0.05) is 0 Å². The van der Waals surface area contributed by atoms with Crippen molar-refractivity contribution in [3.63, 3.8) is 0 Å². The van der Waals surface area contributed by atoms with Gasteiger partial charge in [-0.15, -0.1) is 11.3 Å². The Labute approximate surface area is 151 Å². The predicted octanol–water partition coefficient (Wildman–Crippen LogP) is 3.10. The third-order valence-electron chi connectivity index (χ3n) is 3.23. The van der Waals surface area contributed by atoms with Crippen molar-refractivity contribution in [3.8, 4) is 5.75 Å². The van der Waals surface area contributed by atoms with Gasteiger partial charge in [-0.3, -0.25) is 4.79 Å². The highest BCUT2D eigenvalue weighted by atomic mass is 32.1. The Hall–Kier alpha value is -2.41. The van der Waals surface area contributed by atoms with Crippen molar-refractivity contribution < 1.29 is 19.1 Å². The fraction of sp³-hybridized carbons (Fsp3) is 0.389. The second-order valence-corrected chi connectivity index (χ2v) is 6.94. The number of benzene rings is 1. The molecule has 0 spiro atoms. The zero-order valence-electron chi connectivity index (χ0n) is 14.7. The Kier molecular flexibility index (Phi) is 6.52. The van der Waals surface area contributed by atoms with Gasteiger partial charge in [0, 0.05) is 11.4 Å². The Bertz CT molecular complexity index is 725. The van der Waals surface area contributed by atoms with Crippen LogP contribution in [-0.4, -0.2) is 29.0 Å². The first kappa shape index (κ1) is 18.9. The summed E-state index contributed by atoms with van der Waals surface area (Å²) in [6.07, 6.45) is -0.848. The number of hydrogen-bond acceptors (Lipinski definition) is 6. The number of carbonyl (C=O) groups excluding carboxylic acids is 2. The Balaban J connectivity index is 1.88. The molecule has 0 bridgehead atoms. The van der Waals surface area contributed by atoms with Crippen molar-refractivity contribution in [2.45, 2.75) is 46.4 Å². The Morgan fingerprint density at radius 1 is 1.20 bits per heavy atom. The molecule has 0 aliphatic carbocycles. The summed E-state index contributed by atoms with van der Waals surface area (Å²) in [5, 5.41) is 5.64. The quantitative estimate of drug-likeness (QED) is 0.766. The minimum atomic E-state index is -0.848. The molecule has 1 amide bonds. The normalized spacial score (nSPS) is 11.9. The molecule has 1 atom stereocenters. The van der Waals surface area contributed by atoms with Gasteiger partial charge in [0.2, 0.25) is 0 Å². The van der Waals surface area contributed by atoms with E-state index in [-0.39, 0.29) is 11.9 Å². The smallest absolute Gasteiger partial charge is 0.338 e. The van der Waals surface area contributed by atoms with E-state index in [1.807, 2.05) is 26.2 Å². The molecule has 1 heterocycles. The molecular weight excluding hydrogens is 340 g/mol. The number of amides is 1. The fourth-order valence-electron chi connectivity index (χ4n) is 2.00. The van der Waals surface area contributed by atoms with E-state index in [1.54, 1.807) is 42.5 Å². The SMILES string of the molecule is Cc1nc(COc2ccc(C(=O)O[C@H](C)C(=O)NC(C)C)cc2)cs1. The first-order valence-electron chi connectivity index (χ1n) is 8.00. The molecule has 0 unspecified atom stereocenters. The zero-order chi connectivity index (χ0) is 18.4. The van der Waals surface area contributed by atoms with Crippen LogP contribution in [0, 0.1) is 6.92 Å². The van der Waals surface area contributed by atoms with Crippen molar-refractivity contribution in [1.29, 1.82) is 0 Å². The van der Waals surface area contributed by atoms with Gasteiger partial charge in [0.15, 0.2) is 6.10 Å². The summed E-state index contributed by atoms with van der Waals surface area (Å²) in [6.45, 7) is 7.55. The first-order valence-corrected chi connectivity index (χ1v) is 8.88. The van der Waals surface area contributed by atoms with Crippen molar-refractivity contribution >= 4 is 23.2 Å². The van der Waals surface area contributed by atoms with Crippen LogP contribution in [0.25, 0.3) is 0 Å². The van der Waals surface area contributed by atoms with Crippen molar-refractivity contribution in [3.05, 3.63) is 45.9 Å². The summed E-state index contributed by atoms with van der Waals surface area (Å²) in [6, 6.07) is 6.59. The number of aromatic nitrogens is 1. The highest BCUT2D eigenvalue weighted by Crippen LogP contribution is 2.16. The lowest BCUT2D eigenvalue weighted by atomic mass is 10.2. The molecule has 1 aromatic heterocycles. The molecule has 25 heavy (non-hydrogen) atoms. The molecule has 6 nitrogen and oxygen atoms in total.